The molecule has 0 radical (unpaired) electrons. The van der Waals surface area contributed by atoms with Crippen LogP contribution in [-0.2, 0) is 0 Å². The maximum Gasteiger partial charge on any atom is 0.320 e. The van der Waals surface area contributed by atoms with Gasteiger partial charge in [0.05, 0.1) is 11.1 Å². The van der Waals surface area contributed by atoms with Crippen molar-refractivity contribution in [2.24, 2.45) is 0 Å². The summed E-state index contributed by atoms with van der Waals surface area (Å²) in [5.41, 5.74) is 2.02. The van der Waals surface area contributed by atoms with Crippen molar-refractivity contribution >= 4 is 34.3 Å². The number of rotatable bonds is 3. The molecular formula is C16H15N5OS. The molecule has 3 heterocycles. The number of thiophene rings is 1. The van der Waals surface area contributed by atoms with Gasteiger partial charge in [-0.3, -0.25) is 10.3 Å². The van der Waals surface area contributed by atoms with Gasteiger partial charge < -0.3 is 5.32 Å². The summed E-state index contributed by atoms with van der Waals surface area (Å²) in [7, 11) is 0. The van der Waals surface area contributed by atoms with Crippen LogP contribution in [-0.4, -0.2) is 27.0 Å². The smallest absolute Gasteiger partial charge is 0.320 e. The molecule has 1 aliphatic rings. The molecule has 0 spiro atoms. The van der Waals surface area contributed by atoms with Crippen LogP contribution in [0.2, 0.25) is 0 Å². The lowest BCUT2D eigenvalue weighted by atomic mass is 10.3. The fourth-order valence-electron chi connectivity index (χ4n) is 2.22. The van der Waals surface area contributed by atoms with Crippen molar-refractivity contribution in [3.63, 3.8) is 0 Å². The van der Waals surface area contributed by atoms with Crippen LogP contribution in [0.25, 0.3) is 21.7 Å². The first kappa shape index (κ1) is 14.1. The number of hydrogen-bond donors (Lipinski definition) is 2. The minimum atomic E-state index is -0.225. The summed E-state index contributed by atoms with van der Waals surface area (Å²) in [6, 6.07) is 7.71. The van der Waals surface area contributed by atoms with E-state index in [1.807, 2.05) is 12.1 Å². The van der Waals surface area contributed by atoms with E-state index in [-0.39, 0.29) is 6.03 Å². The van der Waals surface area contributed by atoms with Crippen LogP contribution >= 0.6 is 11.3 Å². The third-order valence-electron chi connectivity index (χ3n) is 3.55. The maximum absolute atomic E-state index is 11.8. The van der Waals surface area contributed by atoms with Crippen LogP contribution < -0.4 is 10.6 Å². The molecule has 0 saturated heterocycles. The average Bonchev–Trinajstić information content (AvgIpc) is 3.24. The third-order valence-corrected chi connectivity index (χ3v) is 4.58. The summed E-state index contributed by atoms with van der Waals surface area (Å²) in [6.45, 7) is 2.06. The molecule has 1 saturated carbocycles. The Balaban J connectivity index is 1.62. The number of amides is 2. The number of aryl methyl sites for hydroxylation is 1. The summed E-state index contributed by atoms with van der Waals surface area (Å²) in [5.74, 6) is 0.476. The van der Waals surface area contributed by atoms with E-state index in [0.717, 1.165) is 23.4 Å². The summed E-state index contributed by atoms with van der Waals surface area (Å²) in [4.78, 5) is 27.4. The Morgan fingerprint density at radius 1 is 1.22 bits per heavy atom. The monoisotopic (exact) mass is 325 g/mol. The standard InChI is InChI=1S/C16H15N5OS/c1-9-2-6-13(23-9)12-8-17-11-5-7-14(20-15(11)19-12)21-16(22)18-10-3-4-10/h2,5-8,10H,3-4H2,1H3,(H2,18,19,20,21,22). The number of pyridine rings is 1. The minimum absolute atomic E-state index is 0.225. The van der Waals surface area contributed by atoms with E-state index >= 15 is 0 Å². The number of urea groups is 1. The summed E-state index contributed by atoms with van der Waals surface area (Å²) >= 11 is 1.67. The first-order valence-electron chi connectivity index (χ1n) is 7.45. The lowest BCUT2D eigenvalue weighted by molar-refractivity contribution is 0.251. The minimum Gasteiger partial charge on any atom is -0.335 e. The molecule has 0 bridgehead atoms. The number of nitrogens with one attached hydrogen (secondary N) is 2. The Kier molecular flexibility index (Phi) is 3.42. The Morgan fingerprint density at radius 2 is 2.09 bits per heavy atom. The molecule has 3 aromatic heterocycles. The predicted octanol–water partition coefficient (Wildman–Crippen LogP) is 3.35. The third kappa shape index (κ3) is 3.14. The van der Waals surface area contributed by atoms with Gasteiger partial charge in [-0.05, 0) is 44.0 Å². The van der Waals surface area contributed by atoms with Crippen LogP contribution in [0.5, 0.6) is 0 Å². The van der Waals surface area contributed by atoms with Crippen LogP contribution in [0.1, 0.15) is 17.7 Å². The average molecular weight is 325 g/mol. The van der Waals surface area contributed by atoms with Crippen molar-refractivity contribution in [1.82, 2.24) is 20.3 Å². The molecule has 7 heteroatoms. The van der Waals surface area contributed by atoms with Gasteiger partial charge in [-0.2, -0.15) is 0 Å². The van der Waals surface area contributed by atoms with Gasteiger partial charge in [0.25, 0.3) is 0 Å². The molecule has 3 aromatic rings. The molecule has 0 aliphatic heterocycles. The van der Waals surface area contributed by atoms with Gasteiger partial charge in [-0.25, -0.2) is 14.8 Å². The second kappa shape index (κ2) is 5.58. The Hall–Kier alpha value is -2.54. The molecule has 6 nitrogen and oxygen atoms in total. The van der Waals surface area contributed by atoms with Crippen LogP contribution in [0.15, 0.2) is 30.5 Å². The van der Waals surface area contributed by atoms with E-state index in [4.69, 9.17) is 0 Å². The number of aromatic nitrogens is 3. The lowest BCUT2D eigenvalue weighted by Gasteiger charge is -2.06. The molecule has 2 amide bonds. The zero-order chi connectivity index (χ0) is 15.8. The van der Waals surface area contributed by atoms with Crippen molar-refractivity contribution < 1.29 is 4.79 Å². The van der Waals surface area contributed by atoms with E-state index in [1.54, 1.807) is 23.6 Å². The van der Waals surface area contributed by atoms with Crippen molar-refractivity contribution in [3.05, 3.63) is 35.3 Å². The lowest BCUT2D eigenvalue weighted by Crippen LogP contribution is -2.30. The number of carbonyl (C=O) groups is 1. The van der Waals surface area contributed by atoms with E-state index in [0.29, 0.717) is 23.0 Å². The summed E-state index contributed by atoms with van der Waals surface area (Å²) in [5, 5.41) is 5.61. The normalized spacial score (nSPS) is 14.0. The van der Waals surface area contributed by atoms with E-state index in [9.17, 15) is 4.79 Å². The molecule has 1 fully saturated rings. The molecule has 116 valence electrons. The van der Waals surface area contributed by atoms with Gasteiger partial charge >= 0.3 is 6.03 Å². The molecule has 0 atom stereocenters. The Labute approximate surface area is 137 Å². The SMILES string of the molecule is Cc1ccc(-c2cnc3ccc(NC(=O)NC4CC4)nc3n2)s1. The largest absolute Gasteiger partial charge is 0.335 e. The van der Waals surface area contributed by atoms with Gasteiger partial charge in [0, 0.05) is 10.9 Å². The Morgan fingerprint density at radius 3 is 2.83 bits per heavy atom. The van der Waals surface area contributed by atoms with E-state index in [1.165, 1.54) is 4.88 Å². The molecule has 1 aliphatic carbocycles. The van der Waals surface area contributed by atoms with Crippen molar-refractivity contribution in [2.45, 2.75) is 25.8 Å². The summed E-state index contributed by atoms with van der Waals surface area (Å²) in [6.07, 6.45) is 3.85. The fourth-order valence-corrected chi connectivity index (χ4v) is 3.05. The van der Waals surface area contributed by atoms with Crippen molar-refractivity contribution in [1.29, 1.82) is 0 Å². The molecule has 0 aromatic carbocycles. The van der Waals surface area contributed by atoms with Gasteiger partial charge in [0.1, 0.15) is 17.0 Å². The topological polar surface area (TPSA) is 79.8 Å². The maximum atomic E-state index is 11.8. The van der Waals surface area contributed by atoms with Crippen LogP contribution in [0, 0.1) is 6.92 Å². The zero-order valence-electron chi connectivity index (χ0n) is 12.5. The fraction of sp³-hybridized carbons (Fsp3) is 0.250. The van der Waals surface area contributed by atoms with Crippen LogP contribution in [0.4, 0.5) is 10.6 Å². The highest BCUT2D eigenvalue weighted by Crippen LogP contribution is 2.26. The van der Waals surface area contributed by atoms with Gasteiger partial charge in [0.15, 0.2) is 5.65 Å². The number of carbonyl (C=O) groups excluding carboxylic acids is 1. The van der Waals surface area contributed by atoms with Gasteiger partial charge in [0.2, 0.25) is 0 Å². The van der Waals surface area contributed by atoms with E-state index in [2.05, 4.69) is 38.6 Å². The Bertz CT molecular complexity index is 887. The summed E-state index contributed by atoms with van der Waals surface area (Å²) < 4.78 is 0. The second-order valence-electron chi connectivity index (χ2n) is 5.58. The van der Waals surface area contributed by atoms with Gasteiger partial charge in [-0.15, -0.1) is 11.3 Å². The molecular weight excluding hydrogens is 310 g/mol. The quantitative estimate of drug-likeness (QED) is 0.774. The number of fused-ring (bicyclic) bond motifs is 1. The predicted molar refractivity (Wildman–Crippen MR) is 90.6 cm³/mol. The van der Waals surface area contributed by atoms with E-state index < -0.39 is 0 Å². The molecule has 0 unspecified atom stereocenters. The molecule has 2 N–H and O–H groups in total. The first-order chi connectivity index (χ1) is 11.2. The van der Waals surface area contributed by atoms with Crippen molar-refractivity contribution in [2.75, 3.05) is 5.32 Å². The molecule has 4 rings (SSSR count). The molecule has 23 heavy (non-hydrogen) atoms. The highest BCUT2D eigenvalue weighted by Gasteiger charge is 2.23. The zero-order valence-corrected chi connectivity index (χ0v) is 13.4. The highest BCUT2D eigenvalue weighted by atomic mass is 32.1. The highest BCUT2D eigenvalue weighted by molar-refractivity contribution is 7.15. The number of nitrogens with zero attached hydrogens (tertiary/aromatic N) is 3. The second-order valence-corrected chi connectivity index (χ2v) is 6.87. The van der Waals surface area contributed by atoms with Gasteiger partial charge in [-0.1, -0.05) is 0 Å². The number of anilines is 1. The first-order valence-corrected chi connectivity index (χ1v) is 8.27. The van der Waals surface area contributed by atoms with Crippen molar-refractivity contribution in [3.8, 4) is 10.6 Å². The number of hydrogen-bond acceptors (Lipinski definition) is 5. The van der Waals surface area contributed by atoms with Crippen LogP contribution in [0.3, 0.4) is 0 Å².